The SMILES string of the molecule is COC=CC(=O)O.COCCOCCOCC#Cc1ccc2ccccc2c1. The van der Waals surface area contributed by atoms with E-state index < -0.39 is 5.97 Å². The third-order valence-corrected chi connectivity index (χ3v) is 3.31. The van der Waals surface area contributed by atoms with Crippen LogP contribution in [0.5, 0.6) is 0 Å². The van der Waals surface area contributed by atoms with Gasteiger partial charge in [-0.15, -0.1) is 0 Å². The van der Waals surface area contributed by atoms with Crippen LogP contribution >= 0.6 is 0 Å². The summed E-state index contributed by atoms with van der Waals surface area (Å²) < 4.78 is 19.8. The van der Waals surface area contributed by atoms with Crippen LogP contribution in [-0.2, 0) is 23.7 Å². The lowest BCUT2D eigenvalue weighted by atomic mass is 10.1. The van der Waals surface area contributed by atoms with Gasteiger partial charge in [0.2, 0.25) is 0 Å². The Hall–Kier alpha value is -2.85. The number of benzene rings is 2. The number of rotatable bonds is 9. The van der Waals surface area contributed by atoms with Gasteiger partial charge in [0.05, 0.1) is 45.9 Å². The number of aliphatic carboxylic acids is 1. The third kappa shape index (κ3) is 11.0. The molecule has 0 bridgehead atoms. The average molecular weight is 386 g/mol. The largest absolute Gasteiger partial charge is 0.504 e. The van der Waals surface area contributed by atoms with Crippen LogP contribution in [0.2, 0.25) is 0 Å². The fourth-order valence-electron chi connectivity index (χ4n) is 2.02. The molecule has 150 valence electrons. The first kappa shape index (κ1) is 23.2. The summed E-state index contributed by atoms with van der Waals surface area (Å²) in [5.74, 6) is 5.13. The molecule has 0 saturated carbocycles. The molecule has 0 aliphatic heterocycles. The molecule has 6 heteroatoms. The van der Waals surface area contributed by atoms with Gasteiger partial charge >= 0.3 is 5.97 Å². The maximum absolute atomic E-state index is 9.59. The summed E-state index contributed by atoms with van der Waals surface area (Å²) in [6.45, 7) is 2.75. The summed E-state index contributed by atoms with van der Waals surface area (Å²) in [6, 6.07) is 14.5. The van der Waals surface area contributed by atoms with E-state index in [1.807, 2.05) is 18.2 Å². The highest BCUT2D eigenvalue weighted by atomic mass is 16.5. The van der Waals surface area contributed by atoms with E-state index in [9.17, 15) is 4.79 Å². The van der Waals surface area contributed by atoms with Crippen LogP contribution in [0.4, 0.5) is 0 Å². The number of hydrogen-bond donors (Lipinski definition) is 1. The first-order valence-electron chi connectivity index (χ1n) is 8.71. The van der Waals surface area contributed by atoms with Gasteiger partial charge in [0.25, 0.3) is 0 Å². The molecule has 1 N–H and O–H groups in total. The lowest BCUT2D eigenvalue weighted by molar-refractivity contribution is -0.131. The Balaban J connectivity index is 0.000000480. The molecule has 28 heavy (non-hydrogen) atoms. The van der Waals surface area contributed by atoms with Crippen molar-refractivity contribution in [1.82, 2.24) is 0 Å². The summed E-state index contributed by atoms with van der Waals surface area (Å²) in [5.41, 5.74) is 1.01. The van der Waals surface area contributed by atoms with E-state index in [2.05, 4.69) is 40.8 Å². The Bertz CT molecular complexity index is 788. The minimum Gasteiger partial charge on any atom is -0.504 e. The average Bonchev–Trinajstić information content (AvgIpc) is 2.71. The summed E-state index contributed by atoms with van der Waals surface area (Å²) in [4.78, 5) is 9.59. The molecule has 0 aromatic heterocycles. The minimum atomic E-state index is -0.998. The van der Waals surface area contributed by atoms with Gasteiger partial charge in [0.1, 0.15) is 6.61 Å². The van der Waals surface area contributed by atoms with Crippen molar-refractivity contribution in [3.63, 3.8) is 0 Å². The van der Waals surface area contributed by atoms with Crippen molar-refractivity contribution in [3.05, 3.63) is 60.4 Å². The van der Waals surface area contributed by atoms with Crippen molar-refractivity contribution in [2.24, 2.45) is 0 Å². The molecule has 0 saturated heterocycles. The zero-order chi connectivity index (χ0) is 20.5. The van der Waals surface area contributed by atoms with Crippen LogP contribution in [0, 0.1) is 11.8 Å². The van der Waals surface area contributed by atoms with E-state index in [0.717, 1.165) is 17.9 Å². The zero-order valence-corrected chi connectivity index (χ0v) is 16.2. The van der Waals surface area contributed by atoms with Gasteiger partial charge in [-0.1, -0.05) is 42.2 Å². The molecular weight excluding hydrogens is 360 g/mol. The highest BCUT2D eigenvalue weighted by Crippen LogP contribution is 2.14. The Morgan fingerprint density at radius 2 is 1.71 bits per heavy atom. The first-order chi connectivity index (χ1) is 13.7. The second kappa shape index (κ2) is 15.2. The number of methoxy groups -OCH3 is 2. The number of hydrogen-bond acceptors (Lipinski definition) is 5. The van der Waals surface area contributed by atoms with Gasteiger partial charge in [-0.25, -0.2) is 4.79 Å². The van der Waals surface area contributed by atoms with Crippen molar-refractivity contribution >= 4 is 16.7 Å². The van der Waals surface area contributed by atoms with Crippen LogP contribution in [0.25, 0.3) is 10.8 Å². The lowest BCUT2D eigenvalue weighted by Crippen LogP contribution is -2.08. The molecule has 0 spiro atoms. The number of carbonyl (C=O) groups is 1. The van der Waals surface area contributed by atoms with Crippen LogP contribution in [0.15, 0.2) is 54.8 Å². The Kier molecular flexibility index (Phi) is 12.6. The highest BCUT2D eigenvalue weighted by molar-refractivity contribution is 5.83. The molecule has 2 aromatic carbocycles. The van der Waals surface area contributed by atoms with Gasteiger partial charge in [-0.05, 0) is 22.9 Å². The van der Waals surface area contributed by atoms with Crippen molar-refractivity contribution < 1.29 is 28.8 Å². The zero-order valence-electron chi connectivity index (χ0n) is 16.2. The van der Waals surface area contributed by atoms with E-state index in [0.29, 0.717) is 33.0 Å². The summed E-state index contributed by atoms with van der Waals surface area (Å²) in [6.07, 6.45) is 2.02. The van der Waals surface area contributed by atoms with Crippen molar-refractivity contribution in [2.45, 2.75) is 0 Å². The predicted molar refractivity (Wildman–Crippen MR) is 108 cm³/mol. The first-order valence-corrected chi connectivity index (χ1v) is 8.71. The summed E-state index contributed by atoms with van der Waals surface area (Å²) in [5, 5.41) is 10.3. The van der Waals surface area contributed by atoms with Crippen LogP contribution < -0.4 is 0 Å². The van der Waals surface area contributed by atoms with Gasteiger partial charge in [-0.2, -0.15) is 0 Å². The molecule has 0 radical (unpaired) electrons. The van der Waals surface area contributed by atoms with Crippen LogP contribution in [0.1, 0.15) is 5.56 Å². The number of fused-ring (bicyclic) bond motifs is 1. The molecule has 0 fully saturated rings. The molecular formula is C22H26O6. The molecule has 2 aromatic rings. The standard InChI is InChI=1S/C18H20O3.C4H6O3/c1-19-11-12-21-14-13-20-10-4-5-16-8-9-17-6-2-3-7-18(17)15-16;1-7-3-2-4(5)6/h2-3,6-9,15H,10-14H2,1H3;2-3H,1H3,(H,5,6). The monoisotopic (exact) mass is 386 g/mol. The molecule has 0 aliphatic carbocycles. The Morgan fingerprint density at radius 1 is 1.00 bits per heavy atom. The van der Waals surface area contributed by atoms with Crippen molar-refractivity contribution in [1.29, 1.82) is 0 Å². The van der Waals surface area contributed by atoms with Gasteiger partial charge in [-0.3, -0.25) is 0 Å². The van der Waals surface area contributed by atoms with E-state index in [1.165, 1.54) is 17.9 Å². The number of carboxylic acid groups (broad SMARTS) is 1. The molecule has 0 heterocycles. The van der Waals surface area contributed by atoms with Gasteiger partial charge < -0.3 is 24.1 Å². The van der Waals surface area contributed by atoms with E-state index in [1.54, 1.807) is 7.11 Å². The fraction of sp³-hybridized carbons (Fsp3) is 0.318. The maximum Gasteiger partial charge on any atom is 0.331 e. The van der Waals surface area contributed by atoms with Crippen molar-refractivity contribution in [3.8, 4) is 11.8 Å². The second-order valence-electron chi connectivity index (χ2n) is 5.40. The Labute approximate surface area is 165 Å². The van der Waals surface area contributed by atoms with Crippen LogP contribution in [-0.4, -0.2) is 58.3 Å². The van der Waals surface area contributed by atoms with Crippen LogP contribution in [0.3, 0.4) is 0 Å². The quantitative estimate of drug-likeness (QED) is 0.309. The number of ether oxygens (including phenoxy) is 4. The smallest absolute Gasteiger partial charge is 0.331 e. The normalized spacial score (nSPS) is 10.1. The van der Waals surface area contributed by atoms with Gasteiger partial charge in [0.15, 0.2) is 0 Å². The minimum absolute atomic E-state index is 0.417. The predicted octanol–water partition coefficient (Wildman–Crippen LogP) is 3.10. The molecule has 0 aliphatic rings. The van der Waals surface area contributed by atoms with Crippen molar-refractivity contribution in [2.75, 3.05) is 47.3 Å². The maximum atomic E-state index is 9.59. The topological polar surface area (TPSA) is 74.2 Å². The molecule has 0 amide bonds. The lowest BCUT2D eigenvalue weighted by Gasteiger charge is -2.02. The van der Waals surface area contributed by atoms with Gasteiger partial charge in [0, 0.05) is 12.7 Å². The molecule has 6 nitrogen and oxygen atoms in total. The number of carboxylic acids is 1. The Morgan fingerprint density at radius 3 is 2.39 bits per heavy atom. The summed E-state index contributed by atoms with van der Waals surface area (Å²) >= 11 is 0. The van der Waals surface area contributed by atoms with E-state index >= 15 is 0 Å². The molecule has 0 atom stereocenters. The molecule has 2 rings (SSSR count). The highest BCUT2D eigenvalue weighted by Gasteiger charge is 1.93. The fourth-order valence-corrected chi connectivity index (χ4v) is 2.02. The third-order valence-electron chi connectivity index (χ3n) is 3.31. The second-order valence-corrected chi connectivity index (χ2v) is 5.40. The van der Waals surface area contributed by atoms with E-state index in [4.69, 9.17) is 19.3 Å². The summed E-state index contributed by atoms with van der Waals surface area (Å²) in [7, 11) is 3.04. The molecule has 0 unspecified atom stereocenters. The van der Waals surface area contributed by atoms with E-state index in [-0.39, 0.29) is 0 Å².